The van der Waals surface area contributed by atoms with E-state index in [-0.39, 0.29) is 17.8 Å². The predicted molar refractivity (Wildman–Crippen MR) is 72.9 cm³/mol. The molecule has 0 fully saturated rings. The number of rotatable bonds is 3. The molecule has 7 nitrogen and oxygen atoms in total. The Kier molecular flexibility index (Phi) is 3.37. The molecule has 2 rings (SSSR count). The maximum Gasteiger partial charge on any atom is 0.247 e. The van der Waals surface area contributed by atoms with Crippen LogP contribution in [-0.4, -0.2) is 20.9 Å². The summed E-state index contributed by atoms with van der Waals surface area (Å²) in [6.07, 6.45) is 1.20. The lowest BCUT2D eigenvalue weighted by Gasteiger charge is -2.04. The number of nitrogen functional groups attached to an aromatic ring is 2. The lowest BCUT2D eigenvalue weighted by Crippen LogP contribution is -2.07. The molecule has 0 saturated carbocycles. The van der Waals surface area contributed by atoms with Crippen LogP contribution in [-0.2, 0) is 4.79 Å². The van der Waals surface area contributed by atoms with Crippen LogP contribution in [0.25, 0.3) is 11.4 Å². The molecule has 1 aromatic heterocycles. The van der Waals surface area contributed by atoms with E-state index in [4.69, 9.17) is 11.5 Å². The highest BCUT2D eigenvalue weighted by atomic mass is 16.1. The van der Waals surface area contributed by atoms with Gasteiger partial charge in [0.2, 0.25) is 17.8 Å². The number of carbonyl (C=O) groups is 1. The van der Waals surface area contributed by atoms with Crippen LogP contribution in [0.15, 0.2) is 36.9 Å². The van der Waals surface area contributed by atoms with E-state index in [1.807, 2.05) is 0 Å². The average molecular weight is 256 g/mol. The van der Waals surface area contributed by atoms with E-state index in [0.717, 1.165) is 5.56 Å². The molecule has 0 bridgehead atoms. The molecule has 7 heteroatoms. The van der Waals surface area contributed by atoms with Crippen LogP contribution >= 0.6 is 0 Å². The molecule has 0 aliphatic rings. The van der Waals surface area contributed by atoms with Gasteiger partial charge in [0, 0.05) is 11.3 Å². The maximum absolute atomic E-state index is 11.1. The molecule has 0 radical (unpaired) electrons. The van der Waals surface area contributed by atoms with Crippen molar-refractivity contribution in [3.8, 4) is 11.4 Å². The van der Waals surface area contributed by atoms with Crippen LogP contribution < -0.4 is 16.8 Å². The van der Waals surface area contributed by atoms with Crippen LogP contribution in [0.5, 0.6) is 0 Å². The van der Waals surface area contributed by atoms with Crippen molar-refractivity contribution in [2.45, 2.75) is 0 Å². The third kappa shape index (κ3) is 3.03. The van der Waals surface area contributed by atoms with Crippen molar-refractivity contribution in [1.82, 2.24) is 15.0 Å². The fraction of sp³-hybridized carbons (Fsp3) is 0. The summed E-state index contributed by atoms with van der Waals surface area (Å²) in [6, 6.07) is 6.92. The Morgan fingerprint density at radius 2 is 1.68 bits per heavy atom. The molecular weight excluding hydrogens is 244 g/mol. The zero-order valence-corrected chi connectivity index (χ0v) is 10.00. The summed E-state index contributed by atoms with van der Waals surface area (Å²) in [5.41, 5.74) is 12.4. The number of carbonyl (C=O) groups excluding carboxylic acids is 1. The predicted octanol–water partition coefficient (Wildman–Crippen LogP) is 0.827. The van der Waals surface area contributed by atoms with Gasteiger partial charge in [-0.05, 0) is 30.3 Å². The second kappa shape index (κ2) is 5.13. The number of aromatic nitrogens is 3. The number of nitrogens with one attached hydrogen (secondary N) is 1. The SMILES string of the molecule is C=CC(=O)Nc1ccc(-c2nc(N)nc(N)n2)cc1. The Morgan fingerprint density at radius 1 is 1.11 bits per heavy atom. The van der Waals surface area contributed by atoms with Gasteiger partial charge < -0.3 is 16.8 Å². The first-order valence-electron chi connectivity index (χ1n) is 5.39. The number of benzene rings is 1. The van der Waals surface area contributed by atoms with E-state index >= 15 is 0 Å². The topological polar surface area (TPSA) is 120 Å². The van der Waals surface area contributed by atoms with Crippen molar-refractivity contribution in [3.05, 3.63) is 36.9 Å². The maximum atomic E-state index is 11.1. The summed E-state index contributed by atoms with van der Waals surface area (Å²) in [7, 11) is 0. The molecule has 1 amide bonds. The van der Waals surface area contributed by atoms with Gasteiger partial charge in [-0.25, -0.2) is 0 Å². The minimum absolute atomic E-state index is 0.0616. The molecule has 5 N–H and O–H groups in total. The van der Waals surface area contributed by atoms with Crippen molar-refractivity contribution in [3.63, 3.8) is 0 Å². The molecule has 1 aromatic carbocycles. The molecule has 96 valence electrons. The Bertz CT molecular complexity index is 602. The van der Waals surface area contributed by atoms with Gasteiger partial charge in [0.15, 0.2) is 5.82 Å². The van der Waals surface area contributed by atoms with Crippen molar-refractivity contribution in [2.24, 2.45) is 0 Å². The van der Waals surface area contributed by atoms with Crippen LogP contribution in [0, 0.1) is 0 Å². The molecule has 2 aromatic rings. The summed E-state index contributed by atoms with van der Waals surface area (Å²) < 4.78 is 0. The van der Waals surface area contributed by atoms with E-state index in [1.165, 1.54) is 6.08 Å². The van der Waals surface area contributed by atoms with Crippen LogP contribution in [0.2, 0.25) is 0 Å². The Labute approximate surface area is 109 Å². The van der Waals surface area contributed by atoms with Crippen LogP contribution in [0.1, 0.15) is 0 Å². The van der Waals surface area contributed by atoms with Crippen LogP contribution in [0.4, 0.5) is 17.6 Å². The fourth-order valence-electron chi connectivity index (χ4n) is 1.43. The van der Waals surface area contributed by atoms with Gasteiger partial charge in [-0.1, -0.05) is 6.58 Å². The Morgan fingerprint density at radius 3 is 2.21 bits per heavy atom. The molecular formula is C12H12N6O. The largest absolute Gasteiger partial charge is 0.368 e. The van der Waals surface area contributed by atoms with Gasteiger partial charge in [0.05, 0.1) is 0 Å². The lowest BCUT2D eigenvalue weighted by atomic mass is 10.2. The molecule has 0 aliphatic carbocycles. The standard InChI is InChI=1S/C12H12N6O/c1-2-9(19)15-8-5-3-7(4-6-8)10-16-11(13)18-12(14)17-10/h2-6H,1H2,(H,15,19)(H4,13,14,16,17,18). The van der Waals surface area contributed by atoms with Gasteiger partial charge in [-0.3, -0.25) is 4.79 Å². The number of anilines is 3. The monoisotopic (exact) mass is 256 g/mol. The van der Waals surface area contributed by atoms with Gasteiger partial charge in [-0.2, -0.15) is 15.0 Å². The molecule has 0 aliphatic heterocycles. The van der Waals surface area contributed by atoms with Crippen molar-refractivity contribution in [2.75, 3.05) is 16.8 Å². The molecule has 0 unspecified atom stereocenters. The highest BCUT2D eigenvalue weighted by Crippen LogP contribution is 2.18. The number of nitrogens with zero attached hydrogens (tertiary/aromatic N) is 3. The summed E-state index contributed by atoms with van der Waals surface area (Å²) in [5, 5.41) is 2.63. The number of amides is 1. The van der Waals surface area contributed by atoms with Crippen molar-refractivity contribution >= 4 is 23.5 Å². The first kappa shape index (κ1) is 12.5. The quantitative estimate of drug-likeness (QED) is 0.699. The van der Waals surface area contributed by atoms with Gasteiger partial charge in [0.1, 0.15) is 0 Å². The minimum atomic E-state index is -0.276. The molecule has 0 spiro atoms. The van der Waals surface area contributed by atoms with Crippen LogP contribution in [0.3, 0.4) is 0 Å². The summed E-state index contributed by atoms with van der Waals surface area (Å²) in [6.45, 7) is 3.37. The average Bonchev–Trinajstić information content (AvgIpc) is 2.38. The van der Waals surface area contributed by atoms with E-state index in [0.29, 0.717) is 11.5 Å². The zero-order chi connectivity index (χ0) is 13.8. The normalized spacial score (nSPS) is 9.89. The Hall–Kier alpha value is -2.96. The molecule has 1 heterocycles. The minimum Gasteiger partial charge on any atom is -0.368 e. The number of hydrogen-bond donors (Lipinski definition) is 3. The van der Waals surface area contributed by atoms with Gasteiger partial charge >= 0.3 is 0 Å². The van der Waals surface area contributed by atoms with Gasteiger partial charge in [-0.15, -0.1) is 0 Å². The highest BCUT2D eigenvalue weighted by Gasteiger charge is 2.05. The summed E-state index contributed by atoms with van der Waals surface area (Å²) in [4.78, 5) is 22.8. The fourth-order valence-corrected chi connectivity index (χ4v) is 1.43. The highest BCUT2D eigenvalue weighted by molar-refractivity contribution is 5.98. The molecule has 0 atom stereocenters. The zero-order valence-electron chi connectivity index (χ0n) is 10.00. The third-order valence-electron chi connectivity index (χ3n) is 2.27. The van der Waals surface area contributed by atoms with E-state index in [2.05, 4.69) is 26.8 Å². The van der Waals surface area contributed by atoms with Crippen molar-refractivity contribution in [1.29, 1.82) is 0 Å². The number of hydrogen-bond acceptors (Lipinski definition) is 6. The second-order valence-corrected chi connectivity index (χ2v) is 3.65. The van der Waals surface area contributed by atoms with E-state index in [1.54, 1.807) is 24.3 Å². The Balaban J connectivity index is 2.27. The summed E-state index contributed by atoms with van der Waals surface area (Å²) in [5.74, 6) is 0.228. The first-order chi connectivity index (χ1) is 9.08. The summed E-state index contributed by atoms with van der Waals surface area (Å²) >= 11 is 0. The lowest BCUT2D eigenvalue weighted by molar-refractivity contribution is -0.111. The molecule has 19 heavy (non-hydrogen) atoms. The van der Waals surface area contributed by atoms with Crippen molar-refractivity contribution < 1.29 is 4.79 Å². The van der Waals surface area contributed by atoms with E-state index in [9.17, 15) is 4.79 Å². The second-order valence-electron chi connectivity index (χ2n) is 3.65. The third-order valence-corrected chi connectivity index (χ3v) is 2.27. The molecule has 0 saturated heterocycles. The number of nitrogens with two attached hydrogens (primary N) is 2. The van der Waals surface area contributed by atoms with E-state index < -0.39 is 0 Å². The first-order valence-corrected chi connectivity index (χ1v) is 5.39. The van der Waals surface area contributed by atoms with Gasteiger partial charge in [0.25, 0.3) is 0 Å². The smallest absolute Gasteiger partial charge is 0.247 e.